The zero-order valence-corrected chi connectivity index (χ0v) is 37.4. The Hall–Kier alpha value is 0.617. The Morgan fingerprint density at radius 2 is 0.286 bits per heavy atom. The van der Waals surface area contributed by atoms with Gasteiger partial charge in [-0.15, -0.1) is 26.3 Å². The fraction of sp³-hybridized carbons (Fsp3) is 0.882. The molecule has 0 aliphatic rings. The van der Waals surface area contributed by atoms with E-state index in [1.165, 1.54) is 0 Å². The molecule has 0 aromatic carbocycles. The monoisotopic (exact) mass is 952 g/mol. The molecule has 8 heteroatoms. The minimum atomic E-state index is 0. The molecule has 0 aliphatic heterocycles. The van der Waals surface area contributed by atoms with Gasteiger partial charge in [-0.2, -0.15) is 0 Å². The number of hydrogen-bond acceptors (Lipinski definition) is 6. The van der Waals surface area contributed by atoms with Crippen LogP contribution in [0.25, 0.3) is 0 Å². The zero-order valence-electron chi connectivity index (χ0n) is 31.6. The van der Waals surface area contributed by atoms with Crippen molar-refractivity contribution in [3.05, 3.63) is 26.3 Å². The maximum absolute atomic E-state index is 8.40. The molecule has 0 unspecified atom stereocenters. The fourth-order valence-corrected chi connectivity index (χ4v) is 0. The third kappa shape index (κ3) is 184. The Morgan fingerprint density at radius 1 is 0.262 bits per heavy atom. The molecule has 0 aromatic heterocycles. The van der Waals surface area contributed by atoms with Gasteiger partial charge < -0.3 is 30.6 Å². The summed E-state index contributed by atoms with van der Waals surface area (Å²) in [5, 5.41) is 50.4. The van der Waals surface area contributed by atoms with Gasteiger partial charge in [0.2, 0.25) is 0 Å². The van der Waals surface area contributed by atoms with Crippen LogP contribution in [0.15, 0.2) is 26.3 Å². The van der Waals surface area contributed by atoms with E-state index < -0.39 is 0 Å². The second kappa shape index (κ2) is 37.8. The van der Waals surface area contributed by atoms with Crippen LogP contribution in [-0.4, -0.2) is 70.3 Å². The number of aliphatic hydroxyl groups excluding tert-OH is 6. The average molecular weight is 953 g/mol. The van der Waals surface area contributed by atoms with Crippen LogP contribution in [0.5, 0.6) is 0 Å². The summed E-state index contributed by atoms with van der Waals surface area (Å²) in [6, 6.07) is 0. The van der Waals surface area contributed by atoms with Gasteiger partial charge in [-0.1, -0.05) is 125 Å². The molecule has 6 N–H and O–H groups in total. The number of aliphatic hydroxyl groups is 6. The summed E-state index contributed by atoms with van der Waals surface area (Å²) in [7, 11) is 0. The van der Waals surface area contributed by atoms with Crippen molar-refractivity contribution in [3.8, 4) is 0 Å². The summed E-state index contributed by atoms with van der Waals surface area (Å²) in [6.45, 7) is 49.5. The first-order chi connectivity index (χ1) is 17.4. The molecule has 0 heterocycles. The van der Waals surface area contributed by atoms with Crippen LogP contribution < -0.4 is 0 Å². The maximum atomic E-state index is 8.40. The molecule has 0 amide bonds. The summed E-state index contributed by atoms with van der Waals surface area (Å²) in [5.74, 6) is 0. The van der Waals surface area contributed by atoms with Gasteiger partial charge in [0, 0.05) is 81.8 Å². The van der Waals surface area contributed by atoms with E-state index in [0.717, 1.165) is 0 Å². The van der Waals surface area contributed by atoms with Gasteiger partial charge >= 0.3 is 0 Å². The molecule has 0 saturated heterocycles. The van der Waals surface area contributed by atoms with Gasteiger partial charge in [-0.3, -0.25) is 0 Å². The number of rotatable bonds is 0. The van der Waals surface area contributed by atoms with Crippen molar-refractivity contribution in [1.29, 1.82) is 0 Å². The van der Waals surface area contributed by atoms with Crippen molar-refractivity contribution in [3.63, 3.8) is 0 Å². The minimum Gasteiger partial charge on any atom is -0.396 e. The molecular weight excluding hydrogens is 872 g/mol. The Morgan fingerprint density at radius 3 is 0.286 bits per heavy atom. The summed E-state index contributed by atoms with van der Waals surface area (Å²) in [6.07, 6.45) is 0. The Labute approximate surface area is 294 Å². The summed E-state index contributed by atoms with van der Waals surface area (Å²) >= 11 is 0. The Kier molecular flexibility index (Phi) is 62.4. The van der Waals surface area contributed by atoms with E-state index in [9.17, 15) is 0 Å². The van der Waals surface area contributed by atoms with E-state index in [-0.39, 0.29) is 114 Å². The molecule has 0 bridgehead atoms. The van der Waals surface area contributed by atoms with Crippen LogP contribution in [0.1, 0.15) is 125 Å². The molecule has 0 aliphatic carbocycles. The van der Waals surface area contributed by atoms with E-state index in [1.54, 1.807) is 0 Å². The standard InChI is InChI=1S/6C5H12O.2C2H4.2W/c6*1-5(2,3)4-6;2*1-2;;/h6*6H,4H2,1-3H3;2*1-2H2;;. The van der Waals surface area contributed by atoms with E-state index in [1.807, 2.05) is 125 Å². The number of hydrogen-bond donors (Lipinski definition) is 6. The van der Waals surface area contributed by atoms with E-state index in [4.69, 9.17) is 30.6 Å². The van der Waals surface area contributed by atoms with Crippen molar-refractivity contribution in [2.75, 3.05) is 39.6 Å². The molecule has 6 nitrogen and oxygen atoms in total. The van der Waals surface area contributed by atoms with Crippen molar-refractivity contribution < 1.29 is 72.8 Å². The molecule has 0 fully saturated rings. The largest absolute Gasteiger partial charge is 0.396 e. The third-order valence-electron chi connectivity index (χ3n) is 2.85. The first-order valence-corrected chi connectivity index (χ1v) is 14.0. The fourth-order valence-electron chi connectivity index (χ4n) is 0. The third-order valence-corrected chi connectivity index (χ3v) is 2.85. The first-order valence-electron chi connectivity index (χ1n) is 14.0. The SMILES string of the molecule is C=C.C=C.CC(C)(C)CO.CC(C)(C)CO.CC(C)(C)CO.CC(C)(C)CO.CC(C)(C)CO.CC(C)(C)CO.[W].[W]. The zero-order chi connectivity index (χ0) is 35.2. The molecular formula is C34H80O6W2. The first kappa shape index (κ1) is 69.4. The molecule has 42 heavy (non-hydrogen) atoms. The Bertz CT molecular complexity index is 349. The molecule has 0 radical (unpaired) electrons. The smallest absolute Gasteiger partial charge is 0.0479 e. The van der Waals surface area contributed by atoms with Gasteiger partial charge in [0.15, 0.2) is 0 Å². The van der Waals surface area contributed by atoms with E-state index in [2.05, 4.69) is 26.3 Å². The normalized spacial score (nSPS) is 10.5. The van der Waals surface area contributed by atoms with Crippen LogP contribution in [0.4, 0.5) is 0 Å². The maximum Gasteiger partial charge on any atom is 0.0479 e. The van der Waals surface area contributed by atoms with Gasteiger partial charge in [-0.25, -0.2) is 0 Å². The van der Waals surface area contributed by atoms with Crippen LogP contribution in [-0.2, 0) is 42.1 Å². The van der Waals surface area contributed by atoms with Crippen LogP contribution in [0.3, 0.4) is 0 Å². The quantitative estimate of drug-likeness (QED) is 0.138. The summed E-state index contributed by atoms with van der Waals surface area (Å²) < 4.78 is 0. The summed E-state index contributed by atoms with van der Waals surface area (Å²) in [4.78, 5) is 0. The topological polar surface area (TPSA) is 121 Å². The summed E-state index contributed by atoms with van der Waals surface area (Å²) in [5.41, 5.74) is 0.583. The average Bonchev–Trinajstić information content (AvgIpc) is 2.81. The molecule has 0 atom stereocenters. The van der Waals surface area contributed by atoms with Crippen molar-refractivity contribution in [1.82, 2.24) is 0 Å². The van der Waals surface area contributed by atoms with Gasteiger partial charge in [-0.05, 0) is 32.5 Å². The molecule has 0 aromatic rings. The van der Waals surface area contributed by atoms with Gasteiger partial charge in [0.1, 0.15) is 0 Å². The van der Waals surface area contributed by atoms with E-state index in [0.29, 0.717) is 0 Å². The van der Waals surface area contributed by atoms with Crippen molar-refractivity contribution >= 4 is 0 Å². The second-order valence-corrected chi connectivity index (χ2v) is 16.3. The second-order valence-electron chi connectivity index (χ2n) is 16.3. The Balaban J connectivity index is -0.0000000353. The van der Waals surface area contributed by atoms with Crippen LogP contribution in [0.2, 0.25) is 0 Å². The van der Waals surface area contributed by atoms with E-state index >= 15 is 0 Å². The molecule has 0 spiro atoms. The van der Waals surface area contributed by atoms with Gasteiger partial charge in [0.25, 0.3) is 0 Å². The van der Waals surface area contributed by atoms with Gasteiger partial charge in [0.05, 0.1) is 0 Å². The van der Waals surface area contributed by atoms with Crippen molar-refractivity contribution in [2.24, 2.45) is 32.5 Å². The van der Waals surface area contributed by atoms with Crippen LogP contribution in [0, 0.1) is 32.5 Å². The predicted octanol–water partition coefficient (Wildman–Crippen LogP) is 7.75. The molecule has 264 valence electrons. The van der Waals surface area contributed by atoms with Crippen molar-refractivity contribution in [2.45, 2.75) is 125 Å². The van der Waals surface area contributed by atoms with Crippen LogP contribution >= 0.6 is 0 Å². The minimum absolute atomic E-state index is 0. The molecule has 0 rings (SSSR count). The molecule has 0 saturated carbocycles. The predicted molar refractivity (Wildman–Crippen MR) is 182 cm³/mol.